The minimum atomic E-state index is -0.785. The molecule has 0 aliphatic rings. The van der Waals surface area contributed by atoms with Crippen LogP contribution in [0.2, 0.25) is 0 Å². The van der Waals surface area contributed by atoms with Gasteiger partial charge in [-0.3, -0.25) is 9.59 Å². The van der Waals surface area contributed by atoms with E-state index in [1.54, 1.807) is 16.3 Å². The van der Waals surface area contributed by atoms with Crippen molar-refractivity contribution in [3.63, 3.8) is 0 Å². The highest BCUT2D eigenvalue weighted by Crippen LogP contribution is 2.19. The standard InChI is InChI=1S/C19H17F2N3O3S/c1-28-11-17-22-14-4-2-3-5-16(14)24(17)9-19(26)27-10-18(25)23-15-8-12(20)6-7-13(15)21/h2-8H,9-11H2,1H3,(H,23,25). The number of para-hydroxylation sites is 2. The third-order valence-electron chi connectivity index (χ3n) is 3.86. The first-order valence-corrected chi connectivity index (χ1v) is 9.71. The number of amides is 1. The van der Waals surface area contributed by atoms with Gasteiger partial charge in [-0.05, 0) is 30.5 Å². The van der Waals surface area contributed by atoms with Crippen molar-refractivity contribution in [1.29, 1.82) is 0 Å². The first-order chi connectivity index (χ1) is 13.5. The van der Waals surface area contributed by atoms with Crippen LogP contribution in [0.3, 0.4) is 0 Å². The van der Waals surface area contributed by atoms with Crippen LogP contribution in [0.25, 0.3) is 11.0 Å². The number of nitrogens with zero attached hydrogens (tertiary/aromatic N) is 2. The van der Waals surface area contributed by atoms with Gasteiger partial charge in [0.1, 0.15) is 24.0 Å². The van der Waals surface area contributed by atoms with E-state index in [0.717, 1.165) is 35.1 Å². The van der Waals surface area contributed by atoms with Gasteiger partial charge in [0.15, 0.2) is 6.61 Å². The van der Waals surface area contributed by atoms with Crippen molar-refractivity contribution < 1.29 is 23.1 Å². The summed E-state index contributed by atoms with van der Waals surface area (Å²) in [4.78, 5) is 28.6. The average Bonchev–Trinajstić information content (AvgIpc) is 3.01. The summed E-state index contributed by atoms with van der Waals surface area (Å²) in [6, 6.07) is 10.1. The molecule has 9 heteroatoms. The summed E-state index contributed by atoms with van der Waals surface area (Å²) in [6.07, 6.45) is 1.93. The minimum absolute atomic E-state index is 0.113. The quantitative estimate of drug-likeness (QED) is 0.611. The van der Waals surface area contributed by atoms with Gasteiger partial charge in [0.2, 0.25) is 0 Å². The van der Waals surface area contributed by atoms with Crippen LogP contribution in [0, 0.1) is 11.6 Å². The lowest BCUT2D eigenvalue weighted by atomic mass is 10.3. The number of carbonyl (C=O) groups is 2. The van der Waals surface area contributed by atoms with E-state index in [4.69, 9.17) is 4.74 Å². The number of thioether (sulfide) groups is 1. The second kappa shape index (κ2) is 8.83. The fraction of sp³-hybridized carbons (Fsp3) is 0.211. The summed E-state index contributed by atoms with van der Waals surface area (Å²) >= 11 is 1.57. The second-order valence-electron chi connectivity index (χ2n) is 5.87. The van der Waals surface area contributed by atoms with Crippen molar-refractivity contribution >= 4 is 40.4 Å². The number of fused-ring (bicyclic) bond motifs is 1. The topological polar surface area (TPSA) is 73.2 Å². The largest absolute Gasteiger partial charge is 0.454 e. The molecule has 146 valence electrons. The van der Waals surface area contributed by atoms with Crippen LogP contribution in [0.1, 0.15) is 5.82 Å². The van der Waals surface area contributed by atoms with Gasteiger partial charge in [0.25, 0.3) is 5.91 Å². The predicted octanol–water partition coefficient (Wildman–Crippen LogP) is 3.36. The van der Waals surface area contributed by atoms with E-state index in [0.29, 0.717) is 5.75 Å². The van der Waals surface area contributed by atoms with Gasteiger partial charge in [-0.2, -0.15) is 11.8 Å². The zero-order valence-corrected chi connectivity index (χ0v) is 15.8. The van der Waals surface area contributed by atoms with Gasteiger partial charge in [-0.1, -0.05) is 12.1 Å². The SMILES string of the molecule is CSCc1nc2ccccc2n1CC(=O)OCC(=O)Nc1cc(F)ccc1F. The Bertz CT molecular complexity index is 1020. The van der Waals surface area contributed by atoms with Crippen molar-refractivity contribution in [3.05, 3.63) is 59.9 Å². The first-order valence-electron chi connectivity index (χ1n) is 8.31. The Kier molecular flexibility index (Phi) is 6.25. The molecule has 0 aliphatic carbocycles. The van der Waals surface area contributed by atoms with Crippen LogP contribution in [0.15, 0.2) is 42.5 Å². The second-order valence-corrected chi connectivity index (χ2v) is 6.73. The van der Waals surface area contributed by atoms with E-state index in [9.17, 15) is 18.4 Å². The number of nitrogens with one attached hydrogen (secondary N) is 1. The Morgan fingerprint density at radius 3 is 2.79 bits per heavy atom. The Hall–Kier alpha value is -2.94. The molecule has 1 heterocycles. The van der Waals surface area contributed by atoms with Gasteiger partial charge in [-0.15, -0.1) is 0 Å². The molecule has 0 unspecified atom stereocenters. The molecule has 2 aromatic carbocycles. The predicted molar refractivity (Wildman–Crippen MR) is 103 cm³/mol. The summed E-state index contributed by atoms with van der Waals surface area (Å²) < 4.78 is 33.4. The number of aromatic nitrogens is 2. The molecule has 3 rings (SSSR count). The van der Waals surface area contributed by atoms with Gasteiger partial charge in [0.05, 0.1) is 22.5 Å². The number of rotatable bonds is 7. The van der Waals surface area contributed by atoms with Gasteiger partial charge in [0, 0.05) is 6.07 Å². The number of anilines is 1. The Morgan fingerprint density at radius 1 is 1.21 bits per heavy atom. The zero-order valence-electron chi connectivity index (χ0n) is 14.9. The lowest BCUT2D eigenvalue weighted by Gasteiger charge is -2.10. The highest BCUT2D eigenvalue weighted by atomic mass is 32.2. The fourth-order valence-electron chi connectivity index (χ4n) is 2.64. The molecular weight excluding hydrogens is 388 g/mol. The number of hydrogen-bond acceptors (Lipinski definition) is 5. The molecule has 28 heavy (non-hydrogen) atoms. The number of imidazole rings is 1. The Labute approximate surface area is 163 Å². The molecule has 0 atom stereocenters. The van der Waals surface area contributed by atoms with Crippen molar-refractivity contribution in [2.75, 3.05) is 18.2 Å². The van der Waals surface area contributed by atoms with Crippen LogP contribution in [0.4, 0.5) is 14.5 Å². The third kappa shape index (κ3) is 4.66. The summed E-state index contributed by atoms with van der Waals surface area (Å²) in [5.74, 6) is -1.55. The number of halogens is 2. The van der Waals surface area contributed by atoms with Crippen molar-refractivity contribution in [3.8, 4) is 0 Å². The summed E-state index contributed by atoms with van der Waals surface area (Å²) in [5, 5.41) is 2.17. The van der Waals surface area contributed by atoms with Crippen LogP contribution >= 0.6 is 11.8 Å². The molecule has 0 bridgehead atoms. The van der Waals surface area contributed by atoms with E-state index >= 15 is 0 Å². The smallest absolute Gasteiger partial charge is 0.326 e. The van der Waals surface area contributed by atoms with E-state index in [-0.39, 0.29) is 12.2 Å². The summed E-state index contributed by atoms with van der Waals surface area (Å²) in [7, 11) is 0. The number of carbonyl (C=O) groups excluding carboxylic acids is 2. The van der Waals surface area contributed by atoms with Crippen LogP contribution in [-0.2, 0) is 26.6 Å². The van der Waals surface area contributed by atoms with Crippen molar-refractivity contribution in [2.24, 2.45) is 0 Å². The molecule has 1 N–H and O–H groups in total. The van der Waals surface area contributed by atoms with E-state index in [1.165, 1.54) is 0 Å². The van der Waals surface area contributed by atoms with Crippen molar-refractivity contribution in [2.45, 2.75) is 12.3 Å². The third-order valence-corrected chi connectivity index (χ3v) is 4.41. The normalized spacial score (nSPS) is 10.8. The monoisotopic (exact) mass is 405 g/mol. The number of benzene rings is 2. The number of esters is 1. The lowest BCUT2D eigenvalue weighted by Crippen LogP contribution is -2.23. The Morgan fingerprint density at radius 2 is 2.00 bits per heavy atom. The number of hydrogen-bond donors (Lipinski definition) is 1. The van der Waals surface area contributed by atoms with Crippen LogP contribution < -0.4 is 5.32 Å². The maximum atomic E-state index is 13.5. The van der Waals surface area contributed by atoms with Gasteiger partial charge < -0.3 is 14.6 Å². The lowest BCUT2D eigenvalue weighted by molar-refractivity contribution is -0.147. The highest BCUT2D eigenvalue weighted by Gasteiger charge is 2.16. The maximum Gasteiger partial charge on any atom is 0.326 e. The van der Waals surface area contributed by atoms with Gasteiger partial charge in [-0.25, -0.2) is 13.8 Å². The molecule has 6 nitrogen and oxygen atoms in total. The minimum Gasteiger partial charge on any atom is -0.454 e. The Balaban J connectivity index is 1.63. The van der Waals surface area contributed by atoms with E-state index < -0.39 is 30.1 Å². The molecule has 0 saturated heterocycles. The molecule has 1 aromatic heterocycles. The molecule has 0 saturated carbocycles. The molecule has 0 aliphatic heterocycles. The van der Waals surface area contributed by atoms with Gasteiger partial charge >= 0.3 is 5.97 Å². The average molecular weight is 405 g/mol. The van der Waals surface area contributed by atoms with E-state index in [2.05, 4.69) is 10.3 Å². The first kappa shape index (κ1) is 19.8. The molecule has 0 spiro atoms. The molecular formula is C19H17F2N3O3S. The highest BCUT2D eigenvalue weighted by molar-refractivity contribution is 7.97. The summed E-state index contributed by atoms with van der Waals surface area (Å²) in [6.45, 7) is -0.725. The fourth-order valence-corrected chi connectivity index (χ4v) is 3.12. The van der Waals surface area contributed by atoms with Crippen LogP contribution in [0.5, 0.6) is 0 Å². The summed E-state index contributed by atoms with van der Waals surface area (Å²) in [5.41, 5.74) is 1.23. The van der Waals surface area contributed by atoms with E-state index in [1.807, 2.05) is 30.5 Å². The van der Waals surface area contributed by atoms with Crippen molar-refractivity contribution in [1.82, 2.24) is 9.55 Å². The molecule has 0 radical (unpaired) electrons. The van der Waals surface area contributed by atoms with Crippen LogP contribution in [-0.4, -0.2) is 34.3 Å². The molecule has 1 amide bonds. The zero-order chi connectivity index (χ0) is 20.1. The maximum absolute atomic E-state index is 13.5. The number of ether oxygens (including phenoxy) is 1. The molecule has 0 fully saturated rings. The molecule has 3 aromatic rings.